The summed E-state index contributed by atoms with van der Waals surface area (Å²) in [7, 11) is 1.45. The molecule has 1 fully saturated rings. The van der Waals surface area contributed by atoms with Gasteiger partial charge in [0.2, 0.25) is 0 Å². The molecule has 1 aliphatic heterocycles. The van der Waals surface area contributed by atoms with E-state index in [0.717, 1.165) is 71.7 Å². The van der Waals surface area contributed by atoms with Gasteiger partial charge >= 0.3 is 5.97 Å². The number of nitrogens with zero attached hydrogens (tertiary/aromatic N) is 1. The molecule has 3 N–H and O–H groups in total. The predicted octanol–water partition coefficient (Wildman–Crippen LogP) is -0.586. The van der Waals surface area contributed by atoms with E-state index >= 15 is 0 Å². The van der Waals surface area contributed by atoms with Gasteiger partial charge in [-0.15, -0.1) is 0 Å². The fourth-order valence-corrected chi connectivity index (χ4v) is 2.24. The van der Waals surface area contributed by atoms with Crippen molar-refractivity contribution < 1.29 is 9.53 Å². The van der Waals surface area contributed by atoms with Crippen LogP contribution in [0.2, 0.25) is 0 Å². The van der Waals surface area contributed by atoms with Gasteiger partial charge in [0.05, 0.1) is 13.5 Å². The van der Waals surface area contributed by atoms with Gasteiger partial charge in [0.25, 0.3) is 0 Å². The molecule has 0 aliphatic carbocycles. The second-order valence-electron chi connectivity index (χ2n) is 5.12. The molecular weight excluding hydrogens is 256 g/mol. The van der Waals surface area contributed by atoms with Gasteiger partial charge in [0.15, 0.2) is 0 Å². The number of carbonyl (C=O) groups excluding carboxylic acids is 1. The van der Waals surface area contributed by atoms with Crippen molar-refractivity contribution in [2.75, 3.05) is 66.0 Å². The Morgan fingerprint density at radius 1 is 0.950 bits per heavy atom. The van der Waals surface area contributed by atoms with Crippen LogP contribution in [0.5, 0.6) is 0 Å². The quantitative estimate of drug-likeness (QED) is 0.603. The second-order valence-corrected chi connectivity index (χ2v) is 5.12. The van der Waals surface area contributed by atoms with Crippen LogP contribution >= 0.6 is 0 Å². The van der Waals surface area contributed by atoms with Gasteiger partial charge in [-0.2, -0.15) is 0 Å². The Labute approximate surface area is 122 Å². The second kappa shape index (κ2) is 12.1. The van der Waals surface area contributed by atoms with Crippen molar-refractivity contribution >= 4 is 5.97 Å². The van der Waals surface area contributed by atoms with Crippen LogP contribution in [-0.4, -0.2) is 76.9 Å². The molecule has 6 nitrogen and oxygen atoms in total. The molecule has 1 heterocycles. The third-order valence-corrected chi connectivity index (χ3v) is 3.48. The summed E-state index contributed by atoms with van der Waals surface area (Å²) in [5, 5.41) is 10.3. The van der Waals surface area contributed by atoms with E-state index < -0.39 is 0 Å². The highest BCUT2D eigenvalue weighted by Gasteiger charge is 2.08. The van der Waals surface area contributed by atoms with E-state index in [0.29, 0.717) is 6.42 Å². The Morgan fingerprint density at radius 3 is 2.30 bits per heavy atom. The highest BCUT2D eigenvalue weighted by molar-refractivity contribution is 5.69. The molecule has 1 rings (SSSR count). The summed E-state index contributed by atoms with van der Waals surface area (Å²) in [6.45, 7) is 8.99. The van der Waals surface area contributed by atoms with Gasteiger partial charge in [0.1, 0.15) is 0 Å². The molecule has 0 unspecified atom stereocenters. The number of hydrogen-bond acceptors (Lipinski definition) is 6. The summed E-state index contributed by atoms with van der Waals surface area (Å²) >= 11 is 0. The lowest BCUT2D eigenvalue weighted by Crippen LogP contribution is -2.37. The topological polar surface area (TPSA) is 65.6 Å². The monoisotopic (exact) mass is 286 g/mol. The first-order chi connectivity index (χ1) is 9.83. The molecule has 0 aromatic carbocycles. The van der Waals surface area contributed by atoms with Crippen LogP contribution in [0.4, 0.5) is 0 Å². The highest BCUT2D eigenvalue weighted by atomic mass is 16.5. The lowest BCUT2D eigenvalue weighted by Gasteiger charge is -2.22. The normalized spacial score (nSPS) is 21.1. The maximum atomic E-state index is 11.2. The number of rotatable bonds is 3. The van der Waals surface area contributed by atoms with Gasteiger partial charge in [-0.1, -0.05) is 0 Å². The molecule has 1 saturated heterocycles. The molecule has 20 heavy (non-hydrogen) atoms. The molecule has 118 valence electrons. The summed E-state index contributed by atoms with van der Waals surface area (Å²) in [6.07, 6.45) is 2.75. The number of esters is 1. The molecule has 6 heteroatoms. The molecule has 0 radical (unpaired) electrons. The predicted molar refractivity (Wildman–Crippen MR) is 80.9 cm³/mol. The number of nitrogens with one attached hydrogen (secondary N) is 3. The van der Waals surface area contributed by atoms with Crippen LogP contribution in [0.15, 0.2) is 0 Å². The van der Waals surface area contributed by atoms with Crippen LogP contribution in [0.3, 0.4) is 0 Å². The van der Waals surface area contributed by atoms with Gasteiger partial charge in [-0.05, 0) is 39.0 Å². The Balaban J connectivity index is 2.26. The van der Waals surface area contributed by atoms with Crippen LogP contribution in [0.25, 0.3) is 0 Å². The third kappa shape index (κ3) is 9.25. The zero-order valence-corrected chi connectivity index (χ0v) is 12.7. The zero-order valence-electron chi connectivity index (χ0n) is 12.7. The Hall–Kier alpha value is -0.690. The van der Waals surface area contributed by atoms with Crippen molar-refractivity contribution in [1.82, 2.24) is 20.9 Å². The van der Waals surface area contributed by atoms with E-state index in [1.807, 2.05) is 0 Å². The molecule has 0 aromatic heterocycles. The van der Waals surface area contributed by atoms with Crippen molar-refractivity contribution in [1.29, 1.82) is 0 Å². The van der Waals surface area contributed by atoms with E-state index in [9.17, 15) is 4.79 Å². The molecular formula is C14H30N4O2. The van der Waals surface area contributed by atoms with Gasteiger partial charge in [-0.25, -0.2) is 0 Å². The lowest BCUT2D eigenvalue weighted by molar-refractivity contribution is -0.141. The number of carbonyl (C=O) groups is 1. The highest BCUT2D eigenvalue weighted by Crippen LogP contribution is 1.95. The van der Waals surface area contributed by atoms with Crippen LogP contribution in [0.1, 0.15) is 19.3 Å². The van der Waals surface area contributed by atoms with Gasteiger partial charge < -0.3 is 25.6 Å². The van der Waals surface area contributed by atoms with Crippen molar-refractivity contribution in [3.8, 4) is 0 Å². The number of methoxy groups -OCH3 is 1. The van der Waals surface area contributed by atoms with Crippen LogP contribution in [-0.2, 0) is 9.53 Å². The maximum Gasteiger partial charge on any atom is 0.306 e. The van der Waals surface area contributed by atoms with Crippen molar-refractivity contribution in [3.05, 3.63) is 0 Å². The minimum atomic E-state index is -0.124. The van der Waals surface area contributed by atoms with E-state index in [2.05, 4.69) is 20.9 Å². The van der Waals surface area contributed by atoms with E-state index in [4.69, 9.17) is 4.74 Å². The van der Waals surface area contributed by atoms with Crippen molar-refractivity contribution in [2.24, 2.45) is 0 Å². The van der Waals surface area contributed by atoms with Crippen molar-refractivity contribution in [3.63, 3.8) is 0 Å². The molecule has 0 atom stereocenters. The Morgan fingerprint density at radius 2 is 1.60 bits per heavy atom. The largest absolute Gasteiger partial charge is 0.469 e. The van der Waals surface area contributed by atoms with Crippen LogP contribution in [0, 0.1) is 0 Å². The summed E-state index contributed by atoms with van der Waals surface area (Å²) in [6, 6.07) is 0. The molecule has 0 amide bonds. The van der Waals surface area contributed by atoms with Crippen molar-refractivity contribution in [2.45, 2.75) is 19.3 Å². The molecule has 0 spiro atoms. The first kappa shape index (κ1) is 17.4. The van der Waals surface area contributed by atoms with E-state index in [1.165, 1.54) is 7.11 Å². The minimum Gasteiger partial charge on any atom is -0.469 e. The molecule has 0 saturated carbocycles. The Kier molecular flexibility index (Phi) is 10.5. The average molecular weight is 286 g/mol. The SMILES string of the molecule is COC(=O)CCN1CCCNCCNCCCNCC1. The smallest absolute Gasteiger partial charge is 0.306 e. The maximum absolute atomic E-state index is 11.2. The zero-order chi connectivity index (χ0) is 14.5. The minimum absolute atomic E-state index is 0.124. The fraction of sp³-hybridized carbons (Fsp3) is 0.929. The van der Waals surface area contributed by atoms with Gasteiger partial charge in [-0.3, -0.25) is 4.79 Å². The molecule has 0 aromatic rings. The summed E-state index contributed by atoms with van der Waals surface area (Å²) < 4.78 is 4.71. The first-order valence-electron chi connectivity index (χ1n) is 7.74. The standard InChI is InChI=1S/C14H30N4O2/c1-20-14(19)4-12-18-11-3-7-16-9-8-15-5-2-6-17-10-13-18/h15-17H,2-13H2,1H3. The summed E-state index contributed by atoms with van der Waals surface area (Å²) in [5.41, 5.74) is 0. The summed E-state index contributed by atoms with van der Waals surface area (Å²) in [5.74, 6) is -0.124. The lowest BCUT2D eigenvalue weighted by atomic mass is 10.3. The van der Waals surface area contributed by atoms with Gasteiger partial charge in [0, 0.05) is 32.7 Å². The number of ether oxygens (including phenoxy) is 1. The van der Waals surface area contributed by atoms with Crippen LogP contribution < -0.4 is 16.0 Å². The Bertz CT molecular complexity index is 237. The molecule has 1 aliphatic rings. The fourth-order valence-electron chi connectivity index (χ4n) is 2.24. The molecule has 0 bridgehead atoms. The number of hydrogen-bond donors (Lipinski definition) is 3. The first-order valence-corrected chi connectivity index (χ1v) is 7.74. The summed E-state index contributed by atoms with van der Waals surface area (Å²) in [4.78, 5) is 13.6. The van der Waals surface area contributed by atoms with E-state index in [1.54, 1.807) is 0 Å². The average Bonchev–Trinajstić information content (AvgIpc) is 2.47. The van der Waals surface area contributed by atoms with E-state index in [-0.39, 0.29) is 5.97 Å². The third-order valence-electron chi connectivity index (χ3n) is 3.48.